The Morgan fingerprint density at radius 3 is 2.18 bits per heavy atom. The summed E-state index contributed by atoms with van der Waals surface area (Å²) in [5.41, 5.74) is -2.42. The molecule has 3 rings (SSSR count). The minimum absolute atomic E-state index is 0.0718. The van der Waals surface area contributed by atoms with E-state index >= 15 is 0 Å². The molecule has 2 aromatic carbocycles. The number of rotatable bonds is 3. The molecule has 0 saturated carbocycles. The molecule has 1 heterocycles. The summed E-state index contributed by atoms with van der Waals surface area (Å²) in [5, 5.41) is 0. The summed E-state index contributed by atoms with van der Waals surface area (Å²) in [6.45, 7) is 0. The van der Waals surface area contributed by atoms with Crippen molar-refractivity contribution < 1.29 is 22.7 Å². The summed E-state index contributed by atoms with van der Waals surface area (Å²) in [4.78, 5) is 12.3. The van der Waals surface area contributed by atoms with E-state index in [0.29, 0.717) is 4.47 Å². The van der Waals surface area contributed by atoms with Gasteiger partial charge in [-0.3, -0.25) is 4.79 Å². The van der Waals surface area contributed by atoms with Crippen LogP contribution in [0.2, 0.25) is 0 Å². The molecule has 1 aliphatic heterocycles. The normalized spacial score (nSPS) is 24.1. The number of hydrogen-bond donors (Lipinski definition) is 0. The lowest BCUT2D eigenvalue weighted by molar-refractivity contribution is -0.187. The molecule has 0 spiro atoms. The van der Waals surface area contributed by atoms with Crippen LogP contribution in [0.1, 0.15) is 15.9 Å². The van der Waals surface area contributed by atoms with Crippen LogP contribution >= 0.6 is 15.9 Å². The Morgan fingerprint density at radius 2 is 1.64 bits per heavy atom. The van der Waals surface area contributed by atoms with Gasteiger partial charge in [-0.05, 0) is 17.7 Å². The summed E-state index contributed by atoms with van der Waals surface area (Å²) < 4.78 is 46.1. The smallest absolute Gasteiger partial charge is 0.343 e. The molecule has 1 saturated heterocycles. The number of Topliss-reactive ketones (excluding diaryl/α,β-unsaturated/α-hetero) is 1. The van der Waals surface area contributed by atoms with E-state index in [9.17, 15) is 18.0 Å². The molecule has 2 nitrogen and oxygen atoms in total. The van der Waals surface area contributed by atoms with Crippen LogP contribution in [0.5, 0.6) is 0 Å². The quantitative estimate of drug-likeness (QED) is 0.588. The van der Waals surface area contributed by atoms with Crippen molar-refractivity contribution in [2.75, 3.05) is 0 Å². The second-order valence-corrected chi connectivity index (χ2v) is 5.88. The number of ether oxygens (including phenoxy) is 1. The molecular weight excluding hydrogens is 361 g/mol. The zero-order chi connectivity index (χ0) is 16.0. The second-order valence-electron chi connectivity index (χ2n) is 4.97. The largest absolute Gasteiger partial charge is 0.424 e. The second kappa shape index (κ2) is 5.21. The van der Waals surface area contributed by atoms with Crippen LogP contribution in [0.15, 0.2) is 59.1 Å². The fourth-order valence-corrected chi connectivity index (χ4v) is 2.70. The van der Waals surface area contributed by atoms with Gasteiger partial charge < -0.3 is 4.74 Å². The summed E-state index contributed by atoms with van der Waals surface area (Å²) in [6, 6.07) is 13.5. The first-order chi connectivity index (χ1) is 10.4. The van der Waals surface area contributed by atoms with Crippen LogP contribution in [0, 0.1) is 0 Å². The van der Waals surface area contributed by atoms with Crippen molar-refractivity contribution in [3.63, 3.8) is 0 Å². The third-order valence-electron chi connectivity index (χ3n) is 3.61. The molecule has 6 heteroatoms. The van der Waals surface area contributed by atoms with Crippen LogP contribution in [0.3, 0.4) is 0 Å². The topological polar surface area (TPSA) is 29.6 Å². The molecule has 0 unspecified atom stereocenters. The molecule has 0 amide bonds. The first-order valence-electron chi connectivity index (χ1n) is 6.46. The number of alkyl halides is 3. The van der Waals surface area contributed by atoms with Gasteiger partial charge in [-0.2, -0.15) is 13.2 Å². The zero-order valence-corrected chi connectivity index (χ0v) is 12.7. The Kier molecular flexibility index (Phi) is 3.61. The molecule has 2 aromatic rings. The summed E-state index contributed by atoms with van der Waals surface area (Å²) >= 11 is 3.17. The fraction of sp³-hybridized carbons (Fsp3) is 0.188. The van der Waals surface area contributed by atoms with E-state index in [4.69, 9.17) is 4.74 Å². The molecule has 0 aliphatic carbocycles. The fourth-order valence-electron chi connectivity index (χ4n) is 2.44. The highest BCUT2D eigenvalue weighted by Gasteiger charge is 2.76. The van der Waals surface area contributed by atoms with Crippen LogP contribution in [-0.2, 0) is 10.3 Å². The van der Waals surface area contributed by atoms with Gasteiger partial charge in [0.15, 0.2) is 11.9 Å². The number of epoxide rings is 1. The number of halogens is 4. The van der Waals surface area contributed by atoms with Crippen molar-refractivity contribution >= 4 is 21.7 Å². The minimum Gasteiger partial charge on any atom is -0.343 e. The molecule has 114 valence electrons. The SMILES string of the molecule is O=C(c1ccccc1)[C@H]1O[C@]1(c1ccc(Br)cc1)C(F)(F)F. The van der Waals surface area contributed by atoms with Crippen LogP contribution < -0.4 is 0 Å². The van der Waals surface area contributed by atoms with Crippen LogP contribution in [-0.4, -0.2) is 18.1 Å². The first-order valence-corrected chi connectivity index (χ1v) is 7.25. The van der Waals surface area contributed by atoms with Crippen molar-refractivity contribution in [2.24, 2.45) is 0 Å². The highest BCUT2D eigenvalue weighted by Crippen LogP contribution is 2.58. The predicted octanol–water partition coefficient (Wildman–Crippen LogP) is 4.49. The van der Waals surface area contributed by atoms with Crippen LogP contribution in [0.4, 0.5) is 13.2 Å². The van der Waals surface area contributed by atoms with Crippen molar-refractivity contribution in [1.29, 1.82) is 0 Å². The summed E-state index contributed by atoms with van der Waals surface area (Å²) in [5.74, 6) is -0.666. The summed E-state index contributed by atoms with van der Waals surface area (Å²) in [7, 11) is 0. The number of carbonyl (C=O) groups excluding carboxylic acids is 1. The molecule has 0 radical (unpaired) electrons. The van der Waals surface area contributed by atoms with Crippen molar-refractivity contribution in [2.45, 2.75) is 17.9 Å². The third-order valence-corrected chi connectivity index (χ3v) is 4.14. The number of benzene rings is 2. The lowest BCUT2D eigenvalue weighted by Gasteiger charge is -2.17. The van der Waals surface area contributed by atoms with E-state index in [0.717, 1.165) is 0 Å². The lowest BCUT2D eigenvalue weighted by atomic mass is 9.91. The molecular formula is C16H10BrF3O2. The highest BCUT2D eigenvalue weighted by atomic mass is 79.9. The zero-order valence-electron chi connectivity index (χ0n) is 11.1. The molecule has 1 aliphatic rings. The van der Waals surface area contributed by atoms with E-state index < -0.39 is 23.7 Å². The Balaban J connectivity index is 1.98. The van der Waals surface area contributed by atoms with Gasteiger partial charge in [0.05, 0.1) is 0 Å². The van der Waals surface area contributed by atoms with E-state index in [-0.39, 0.29) is 11.1 Å². The Hall–Kier alpha value is -1.66. The molecule has 2 atom stereocenters. The Morgan fingerprint density at radius 1 is 1.05 bits per heavy atom. The monoisotopic (exact) mass is 370 g/mol. The van der Waals surface area contributed by atoms with Crippen molar-refractivity contribution in [3.05, 3.63) is 70.2 Å². The summed E-state index contributed by atoms with van der Waals surface area (Å²) in [6.07, 6.45) is -6.22. The van der Waals surface area contributed by atoms with Crippen molar-refractivity contribution in [3.8, 4) is 0 Å². The standard InChI is InChI=1S/C16H10BrF3O2/c17-12-8-6-11(7-9-12)15(16(18,19)20)14(22-15)13(21)10-4-2-1-3-5-10/h1-9,14H/t14-,15+/m1/s1. The van der Waals surface area contributed by atoms with Gasteiger partial charge in [0.25, 0.3) is 0 Å². The molecule has 0 N–H and O–H groups in total. The van der Waals surface area contributed by atoms with Crippen molar-refractivity contribution in [1.82, 2.24) is 0 Å². The van der Waals surface area contributed by atoms with E-state index in [1.165, 1.54) is 36.4 Å². The Labute approximate surface area is 133 Å². The van der Waals surface area contributed by atoms with Gasteiger partial charge >= 0.3 is 6.18 Å². The maximum atomic E-state index is 13.5. The molecule has 0 aromatic heterocycles. The average molecular weight is 371 g/mol. The van der Waals surface area contributed by atoms with Gasteiger partial charge in [0.1, 0.15) is 0 Å². The number of ketones is 1. The van der Waals surface area contributed by atoms with Gasteiger partial charge in [-0.1, -0.05) is 58.4 Å². The van der Waals surface area contributed by atoms with E-state index in [2.05, 4.69) is 15.9 Å². The lowest BCUT2D eigenvalue weighted by Crippen LogP contribution is -2.35. The molecule has 0 bridgehead atoms. The number of carbonyl (C=O) groups is 1. The predicted molar refractivity (Wildman–Crippen MR) is 77.5 cm³/mol. The first kappa shape index (κ1) is 15.2. The highest BCUT2D eigenvalue weighted by molar-refractivity contribution is 9.10. The van der Waals surface area contributed by atoms with Gasteiger partial charge in [-0.15, -0.1) is 0 Å². The number of hydrogen-bond acceptors (Lipinski definition) is 2. The van der Waals surface area contributed by atoms with Gasteiger partial charge in [0.2, 0.25) is 5.60 Å². The maximum absolute atomic E-state index is 13.5. The maximum Gasteiger partial charge on any atom is 0.424 e. The van der Waals surface area contributed by atoms with Crippen LogP contribution in [0.25, 0.3) is 0 Å². The molecule has 22 heavy (non-hydrogen) atoms. The average Bonchev–Trinajstić information content (AvgIpc) is 3.25. The van der Waals surface area contributed by atoms with Gasteiger partial charge in [0, 0.05) is 10.0 Å². The minimum atomic E-state index is -4.67. The third kappa shape index (κ3) is 2.36. The van der Waals surface area contributed by atoms with Gasteiger partial charge in [-0.25, -0.2) is 0 Å². The molecule has 1 fully saturated rings. The van der Waals surface area contributed by atoms with E-state index in [1.807, 2.05) is 0 Å². The Bertz CT molecular complexity index is 698. The van der Waals surface area contributed by atoms with E-state index in [1.54, 1.807) is 18.2 Å².